The van der Waals surface area contributed by atoms with Crippen molar-refractivity contribution in [2.45, 2.75) is 39.2 Å². The number of carbonyl (C=O) groups is 2. The fraction of sp³-hybridized carbons (Fsp3) is 0.389. The molecule has 7 nitrogen and oxygen atoms in total. The van der Waals surface area contributed by atoms with Gasteiger partial charge in [0.25, 0.3) is 5.91 Å². The van der Waals surface area contributed by atoms with Crippen LogP contribution in [0.1, 0.15) is 42.7 Å². The maximum absolute atomic E-state index is 12.4. The van der Waals surface area contributed by atoms with Gasteiger partial charge in [-0.3, -0.25) is 9.59 Å². The van der Waals surface area contributed by atoms with Crippen LogP contribution in [0.4, 0.5) is 0 Å². The van der Waals surface area contributed by atoms with Crippen molar-refractivity contribution in [3.05, 3.63) is 41.7 Å². The van der Waals surface area contributed by atoms with Crippen LogP contribution in [0.2, 0.25) is 0 Å². The molecule has 0 unspecified atom stereocenters. The molecule has 2 N–H and O–H groups in total. The van der Waals surface area contributed by atoms with Gasteiger partial charge in [0.2, 0.25) is 0 Å². The molecule has 1 heterocycles. The molecule has 1 amide bonds. The zero-order valence-electron chi connectivity index (χ0n) is 14.9. The van der Waals surface area contributed by atoms with E-state index >= 15 is 0 Å². The molecule has 134 valence electrons. The number of nitrogens with one attached hydrogen (secondary N) is 1. The number of hydrogen-bond acceptors (Lipinski definition) is 4. The number of amides is 1. The lowest BCUT2D eigenvalue weighted by molar-refractivity contribution is -0.137. The third-order valence-electron chi connectivity index (χ3n) is 3.82. The Labute approximate surface area is 146 Å². The van der Waals surface area contributed by atoms with Gasteiger partial charge in [-0.1, -0.05) is 6.07 Å². The van der Waals surface area contributed by atoms with Crippen molar-refractivity contribution in [3.8, 4) is 11.4 Å². The van der Waals surface area contributed by atoms with E-state index in [0.717, 1.165) is 11.3 Å². The number of hydrogen-bond donors (Lipinski definition) is 2. The van der Waals surface area contributed by atoms with Crippen LogP contribution in [0.3, 0.4) is 0 Å². The number of carbonyl (C=O) groups excluding carboxylic acids is 1. The van der Waals surface area contributed by atoms with Gasteiger partial charge in [-0.25, -0.2) is 4.68 Å². The van der Waals surface area contributed by atoms with E-state index in [1.807, 2.05) is 25.1 Å². The van der Waals surface area contributed by atoms with Crippen LogP contribution >= 0.6 is 0 Å². The van der Waals surface area contributed by atoms with Crippen LogP contribution in [-0.2, 0) is 4.79 Å². The number of carboxylic acid groups (broad SMARTS) is 1. The highest BCUT2D eigenvalue weighted by molar-refractivity contribution is 5.92. The van der Waals surface area contributed by atoms with Gasteiger partial charge in [0, 0.05) is 18.2 Å². The quantitative estimate of drug-likeness (QED) is 0.804. The molecule has 25 heavy (non-hydrogen) atoms. The molecule has 7 heteroatoms. The van der Waals surface area contributed by atoms with Gasteiger partial charge in [0.1, 0.15) is 11.4 Å². The molecule has 0 saturated heterocycles. The molecule has 1 aromatic carbocycles. The van der Waals surface area contributed by atoms with Gasteiger partial charge < -0.3 is 15.2 Å². The number of ether oxygens (including phenoxy) is 1. The molecule has 0 saturated carbocycles. The number of carboxylic acids is 1. The number of benzene rings is 1. The number of aliphatic carboxylic acids is 1. The summed E-state index contributed by atoms with van der Waals surface area (Å²) in [6.45, 7) is 5.54. The lowest BCUT2D eigenvalue weighted by Gasteiger charge is -2.25. The lowest BCUT2D eigenvalue weighted by atomic mass is 9.98. The third kappa shape index (κ3) is 4.82. The maximum atomic E-state index is 12.4. The van der Waals surface area contributed by atoms with E-state index in [1.54, 1.807) is 37.9 Å². The van der Waals surface area contributed by atoms with Gasteiger partial charge in [-0.05, 0) is 51.0 Å². The normalized spacial score (nSPS) is 11.2. The molecule has 0 atom stereocenters. The molecule has 2 rings (SSSR count). The highest BCUT2D eigenvalue weighted by Crippen LogP contribution is 2.23. The minimum absolute atomic E-state index is 0.0117. The van der Waals surface area contributed by atoms with E-state index in [0.29, 0.717) is 12.2 Å². The largest absolute Gasteiger partial charge is 0.494 e. The molecular formula is C18H23N3O4. The summed E-state index contributed by atoms with van der Waals surface area (Å²) >= 11 is 0. The summed E-state index contributed by atoms with van der Waals surface area (Å²) in [5.74, 6) is -0.582. The first kappa shape index (κ1) is 18.5. The standard InChI is InChI=1S/C18H23N3O4/c1-12-5-6-15(25-4)14(11-12)21-10-8-13(20-21)17(24)19-18(2,3)9-7-16(22)23/h5-6,8,10-11H,7,9H2,1-4H3,(H,19,24)(H,22,23). The molecule has 0 radical (unpaired) electrons. The van der Waals surface area contributed by atoms with Crippen LogP contribution in [0.15, 0.2) is 30.5 Å². The Morgan fingerprint density at radius 2 is 2.04 bits per heavy atom. The van der Waals surface area contributed by atoms with E-state index in [9.17, 15) is 9.59 Å². The Bertz CT molecular complexity index is 780. The number of rotatable bonds is 7. The number of methoxy groups -OCH3 is 1. The van der Waals surface area contributed by atoms with Gasteiger partial charge in [0.05, 0.1) is 7.11 Å². The molecule has 0 aliphatic carbocycles. The van der Waals surface area contributed by atoms with Gasteiger partial charge >= 0.3 is 5.97 Å². The molecular weight excluding hydrogens is 322 g/mol. The molecule has 0 spiro atoms. The second kappa shape index (κ2) is 7.38. The first-order valence-corrected chi connectivity index (χ1v) is 7.97. The summed E-state index contributed by atoms with van der Waals surface area (Å²) in [5.41, 5.74) is 1.41. The molecule has 0 aliphatic rings. The number of nitrogens with zero attached hydrogens (tertiary/aromatic N) is 2. The summed E-state index contributed by atoms with van der Waals surface area (Å²) in [6.07, 6.45) is 2.01. The second-order valence-electron chi connectivity index (χ2n) is 6.55. The van der Waals surface area contributed by atoms with Crippen molar-refractivity contribution < 1.29 is 19.4 Å². The molecule has 0 bridgehead atoms. The fourth-order valence-corrected chi connectivity index (χ4v) is 2.41. The van der Waals surface area contributed by atoms with Gasteiger partial charge in [-0.2, -0.15) is 5.10 Å². The Morgan fingerprint density at radius 1 is 1.32 bits per heavy atom. The average molecular weight is 345 g/mol. The lowest BCUT2D eigenvalue weighted by Crippen LogP contribution is -2.43. The van der Waals surface area contributed by atoms with Crippen molar-refractivity contribution in [3.63, 3.8) is 0 Å². The molecule has 0 fully saturated rings. The Hall–Kier alpha value is -2.83. The van der Waals surface area contributed by atoms with Crippen LogP contribution in [-0.4, -0.2) is 39.4 Å². The van der Waals surface area contributed by atoms with Crippen molar-refractivity contribution in [2.75, 3.05) is 7.11 Å². The first-order chi connectivity index (χ1) is 11.7. The highest BCUT2D eigenvalue weighted by Gasteiger charge is 2.23. The summed E-state index contributed by atoms with van der Waals surface area (Å²) in [7, 11) is 1.58. The van der Waals surface area contributed by atoms with E-state index in [4.69, 9.17) is 9.84 Å². The zero-order chi connectivity index (χ0) is 18.6. The molecule has 2 aromatic rings. The summed E-state index contributed by atoms with van der Waals surface area (Å²) < 4.78 is 6.93. The monoisotopic (exact) mass is 345 g/mol. The first-order valence-electron chi connectivity index (χ1n) is 7.97. The fourth-order valence-electron chi connectivity index (χ4n) is 2.41. The van der Waals surface area contributed by atoms with Crippen LogP contribution in [0.5, 0.6) is 5.75 Å². The smallest absolute Gasteiger partial charge is 0.303 e. The van der Waals surface area contributed by atoms with Crippen LogP contribution in [0.25, 0.3) is 5.69 Å². The van der Waals surface area contributed by atoms with E-state index in [2.05, 4.69) is 10.4 Å². The minimum Gasteiger partial charge on any atom is -0.494 e. The third-order valence-corrected chi connectivity index (χ3v) is 3.82. The summed E-state index contributed by atoms with van der Waals surface area (Å²) in [5, 5.41) is 15.9. The number of aromatic nitrogens is 2. The van der Waals surface area contributed by atoms with Crippen molar-refractivity contribution in [1.29, 1.82) is 0 Å². The van der Waals surface area contributed by atoms with Crippen LogP contribution < -0.4 is 10.1 Å². The Kier molecular flexibility index (Phi) is 5.46. The predicted molar refractivity (Wildman–Crippen MR) is 93.3 cm³/mol. The van der Waals surface area contributed by atoms with Crippen LogP contribution in [0, 0.1) is 6.92 Å². The summed E-state index contributed by atoms with van der Waals surface area (Å²) in [6, 6.07) is 7.32. The van der Waals surface area contributed by atoms with E-state index in [1.165, 1.54) is 0 Å². The molecule has 1 aromatic heterocycles. The maximum Gasteiger partial charge on any atom is 0.303 e. The highest BCUT2D eigenvalue weighted by atomic mass is 16.5. The second-order valence-corrected chi connectivity index (χ2v) is 6.55. The van der Waals surface area contributed by atoms with Crippen molar-refractivity contribution in [2.24, 2.45) is 0 Å². The summed E-state index contributed by atoms with van der Waals surface area (Å²) in [4.78, 5) is 23.1. The molecule has 0 aliphatic heterocycles. The predicted octanol–water partition coefficient (Wildman–Crippen LogP) is 2.56. The SMILES string of the molecule is COc1ccc(C)cc1-n1ccc(C(=O)NC(C)(C)CCC(=O)O)n1. The number of aryl methyl sites for hydroxylation is 1. The average Bonchev–Trinajstić information content (AvgIpc) is 3.02. The zero-order valence-corrected chi connectivity index (χ0v) is 14.9. The Balaban J connectivity index is 2.17. The Morgan fingerprint density at radius 3 is 2.68 bits per heavy atom. The topological polar surface area (TPSA) is 93.5 Å². The van der Waals surface area contributed by atoms with Gasteiger partial charge in [0.15, 0.2) is 5.69 Å². The van der Waals surface area contributed by atoms with Crippen molar-refractivity contribution >= 4 is 11.9 Å². The van der Waals surface area contributed by atoms with E-state index < -0.39 is 11.5 Å². The van der Waals surface area contributed by atoms with E-state index in [-0.39, 0.29) is 18.0 Å². The van der Waals surface area contributed by atoms with Crippen molar-refractivity contribution in [1.82, 2.24) is 15.1 Å². The van der Waals surface area contributed by atoms with Gasteiger partial charge in [-0.15, -0.1) is 0 Å². The minimum atomic E-state index is -0.891.